The lowest BCUT2D eigenvalue weighted by atomic mass is 9.92. The number of rotatable bonds is 5. The van der Waals surface area contributed by atoms with Crippen molar-refractivity contribution in [1.82, 2.24) is 14.9 Å². The summed E-state index contributed by atoms with van der Waals surface area (Å²) in [5.74, 6) is 1.48. The van der Waals surface area contributed by atoms with Crippen LogP contribution in [0.4, 0.5) is 0 Å². The summed E-state index contributed by atoms with van der Waals surface area (Å²) in [6, 6.07) is 14.7. The van der Waals surface area contributed by atoms with Crippen LogP contribution in [0.3, 0.4) is 0 Å². The minimum Gasteiger partial charge on any atom is -0.491 e. The van der Waals surface area contributed by atoms with E-state index in [1.54, 1.807) is 0 Å². The van der Waals surface area contributed by atoms with Crippen molar-refractivity contribution in [1.29, 1.82) is 0 Å². The fourth-order valence-corrected chi connectivity index (χ4v) is 3.80. The Kier molecular flexibility index (Phi) is 5.35. The standard InChI is InChI=1S/C23H27N3O/c1-17(2)27-21-7-5-18(6-8-21)16-26-12-9-19(10-13-26)22-14-23-20(15-25-22)4-3-11-24-23/h3-8,11,14-15,17,19H,9-10,12-13,16H2,1-2H3. The molecule has 0 radical (unpaired) electrons. The maximum absolute atomic E-state index is 5.73. The number of fused-ring (bicyclic) bond motifs is 1. The van der Waals surface area contributed by atoms with E-state index in [2.05, 4.69) is 60.1 Å². The molecule has 0 spiro atoms. The molecule has 3 heterocycles. The summed E-state index contributed by atoms with van der Waals surface area (Å²) in [5.41, 5.74) is 3.59. The lowest BCUT2D eigenvalue weighted by Crippen LogP contribution is -2.32. The fraction of sp³-hybridized carbons (Fsp3) is 0.391. The van der Waals surface area contributed by atoms with E-state index in [0.717, 1.165) is 49.1 Å². The lowest BCUT2D eigenvalue weighted by Gasteiger charge is -2.31. The Bertz CT molecular complexity index is 884. The van der Waals surface area contributed by atoms with Gasteiger partial charge in [-0.3, -0.25) is 14.9 Å². The third-order valence-corrected chi connectivity index (χ3v) is 5.22. The fourth-order valence-electron chi connectivity index (χ4n) is 3.80. The molecule has 1 aromatic carbocycles. The number of nitrogens with zero attached hydrogens (tertiary/aromatic N) is 3. The van der Waals surface area contributed by atoms with Gasteiger partial charge in [0.15, 0.2) is 0 Å². The summed E-state index contributed by atoms with van der Waals surface area (Å²) in [6.07, 6.45) is 6.34. The van der Waals surface area contributed by atoms with Crippen LogP contribution in [0, 0.1) is 0 Å². The molecular formula is C23H27N3O. The van der Waals surface area contributed by atoms with E-state index in [9.17, 15) is 0 Å². The van der Waals surface area contributed by atoms with Gasteiger partial charge in [-0.25, -0.2) is 0 Å². The average Bonchev–Trinajstić information content (AvgIpc) is 2.69. The number of benzene rings is 1. The number of ether oxygens (including phenoxy) is 1. The van der Waals surface area contributed by atoms with Crippen LogP contribution >= 0.6 is 0 Å². The number of hydrogen-bond acceptors (Lipinski definition) is 4. The first-order valence-electron chi connectivity index (χ1n) is 9.86. The van der Waals surface area contributed by atoms with Crippen molar-refractivity contribution in [3.63, 3.8) is 0 Å². The molecule has 27 heavy (non-hydrogen) atoms. The number of likely N-dealkylation sites (tertiary alicyclic amines) is 1. The summed E-state index contributed by atoms with van der Waals surface area (Å²) in [6.45, 7) is 7.33. The smallest absolute Gasteiger partial charge is 0.119 e. The average molecular weight is 361 g/mol. The number of hydrogen-bond donors (Lipinski definition) is 0. The first kappa shape index (κ1) is 17.9. The highest BCUT2D eigenvalue weighted by Crippen LogP contribution is 2.29. The predicted octanol–water partition coefficient (Wildman–Crippen LogP) is 4.80. The van der Waals surface area contributed by atoms with Crippen molar-refractivity contribution in [3.05, 3.63) is 66.1 Å². The highest BCUT2D eigenvalue weighted by atomic mass is 16.5. The number of pyridine rings is 2. The molecule has 4 nitrogen and oxygen atoms in total. The van der Waals surface area contributed by atoms with Gasteiger partial charge in [0.2, 0.25) is 0 Å². The van der Waals surface area contributed by atoms with Crippen LogP contribution in [0.15, 0.2) is 54.9 Å². The van der Waals surface area contributed by atoms with Gasteiger partial charge in [-0.1, -0.05) is 12.1 Å². The van der Waals surface area contributed by atoms with Gasteiger partial charge in [-0.2, -0.15) is 0 Å². The van der Waals surface area contributed by atoms with Gasteiger partial charge in [0.05, 0.1) is 11.6 Å². The predicted molar refractivity (Wildman–Crippen MR) is 109 cm³/mol. The van der Waals surface area contributed by atoms with Crippen LogP contribution in [-0.2, 0) is 6.54 Å². The zero-order valence-corrected chi connectivity index (χ0v) is 16.1. The molecule has 4 heteroatoms. The van der Waals surface area contributed by atoms with E-state index < -0.39 is 0 Å². The van der Waals surface area contributed by atoms with E-state index in [1.165, 1.54) is 11.3 Å². The molecule has 1 saturated heterocycles. The van der Waals surface area contributed by atoms with Crippen LogP contribution < -0.4 is 4.74 Å². The number of piperidine rings is 1. The second kappa shape index (κ2) is 8.05. The molecule has 0 bridgehead atoms. The molecule has 2 aromatic heterocycles. The molecule has 0 atom stereocenters. The zero-order chi connectivity index (χ0) is 18.6. The van der Waals surface area contributed by atoms with Gasteiger partial charge in [0.25, 0.3) is 0 Å². The van der Waals surface area contributed by atoms with E-state index in [-0.39, 0.29) is 6.10 Å². The van der Waals surface area contributed by atoms with Crippen molar-refractivity contribution in [2.24, 2.45) is 0 Å². The van der Waals surface area contributed by atoms with Crippen LogP contribution in [0.25, 0.3) is 10.9 Å². The quantitative estimate of drug-likeness (QED) is 0.654. The second-order valence-electron chi connectivity index (χ2n) is 7.67. The largest absolute Gasteiger partial charge is 0.491 e. The molecule has 4 rings (SSSR count). The molecule has 1 aliphatic heterocycles. The van der Waals surface area contributed by atoms with Crippen LogP contribution in [0.1, 0.15) is 43.9 Å². The molecule has 0 unspecified atom stereocenters. The third kappa shape index (κ3) is 4.45. The van der Waals surface area contributed by atoms with Gasteiger partial charge >= 0.3 is 0 Å². The zero-order valence-electron chi connectivity index (χ0n) is 16.1. The van der Waals surface area contributed by atoms with Gasteiger partial charge in [0, 0.05) is 35.9 Å². The first-order valence-corrected chi connectivity index (χ1v) is 9.86. The van der Waals surface area contributed by atoms with Crippen molar-refractivity contribution in [2.45, 2.75) is 45.3 Å². The Balaban J connectivity index is 1.34. The molecule has 140 valence electrons. The van der Waals surface area contributed by atoms with Gasteiger partial charge in [-0.05, 0) is 75.7 Å². The highest BCUT2D eigenvalue weighted by Gasteiger charge is 2.22. The SMILES string of the molecule is CC(C)Oc1ccc(CN2CCC(c3cc4ncccc4cn3)CC2)cc1. The normalized spacial score (nSPS) is 16.1. The monoisotopic (exact) mass is 361 g/mol. The lowest BCUT2D eigenvalue weighted by molar-refractivity contribution is 0.203. The molecule has 0 N–H and O–H groups in total. The summed E-state index contributed by atoms with van der Waals surface area (Å²) >= 11 is 0. The molecule has 3 aromatic rings. The van der Waals surface area contributed by atoms with Crippen molar-refractivity contribution in [2.75, 3.05) is 13.1 Å². The molecule has 1 fully saturated rings. The Morgan fingerprint density at radius 3 is 2.59 bits per heavy atom. The summed E-state index contributed by atoms with van der Waals surface area (Å²) in [7, 11) is 0. The summed E-state index contributed by atoms with van der Waals surface area (Å²) in [5, 5.41) is 1.11. The van der Waals surface area contributed by atoms with Gasteiger partial charge in [0.1, 0.15) is 5.75 Å². The van der Waals surface area contributed by atoms with Crippen LogP contribution in [0.2, 0.25) is 0 Å². The maximum Gasteiger partial charge on any atom is 0.119 e. The Morgan fingerprint density at radius 2 is 1.85 bits per heavy atom. The molecule has 0 aliphatic carbocycles. The van der Waals surface area contributed by atoms with E-state index >= 15 is 0 Å². The van der Waals surface area contributed by atoms with E-state index in [0.29, 0.717) is 5.92 Å². The molecular weight excluding hydrogens is 334 g/mol. The van der Waals surface area contributed by atoms with E-state index in [4.69, 9.17) is 9.72 Å². The van der Waals surface area contributed by atoms with Crippen molar-refractivity contribution in [3.8, 4) is 5.75 Å². The number of aromatic nitrogens is 2. The van der Waals surface area contributed by atoms with Crippen LogP contribution in [0.5, 0.6) is 5.75 Å². The summed E-state index contributed by atoms with van der Waals surface area (Å²) in [4.78, 5) is 11.7. The van der Waals surface area contributed by atoms with Gasteiger partial charge < -0.3 is 4.74 Å². The molecule has 1 aliphatic rings. The minimum absolute atomic E-state index is 0.216. The van der Waals surface area contributed by atoms with Crippen LogP contribution in [-0.4, -0.2) is 34.1 Å². The topological polar surface area (TPSA) is 38.2 Å². The third-order valence-electron chi connectivity index (χ3n) is 5.22. The maximum atomic E-state index is 5.73. The first-order chi connectivity index (χ1) is 13.2. The summed E-state index contributed by atoms with van der Waals surface area (Å²) < 4.78 is 5.73. The Morgan fingerprint density at radius 1 is 1.07 bits per heavy atom. The minimum atomic E-state index is 0.216. The Labute approximate surface area is 161 Å². The van der Waals surface area contributed by atoms with E-state index in [1.807, 2.05) is 18.5 Å². The van der Waals surface area contributed by atoms with Crippen molar-refractivity contribution >= 4 is 10.9 Å². The Hall–Kier alpha value is -2.46. The molecule has 0 saturated carbocycles. The van der Waals surface area contributed by atoms with Crippen molar-refractivity contribution < 1.29 is 4.74 Å². The molecule has 0 amide bonds. The second-order valence-corrected chi connectivity index (χ2v) is 7.67. The highest BCUT2D eigenvalue weighted by molar-refractivity contribution is 5.77. The van der Waals surface area contributed by atoms with Gasteiger partial charge in [-0.15, -0.1) is 0 Å².